The van der Waals surface area contributed by atoms with Crippen molar-refractivity contribution in [3.63, 3.8) is 0 Å². The number of hydrogen-bond donors (Lipinski definition) is 0. The molecule has 0 atom stereocenters. The summed E-state index contributed by atoms with van der Waals surface area (Å²) in [6, 6.07) is 17.0. The maximum absolute atomic E-state index is 13.5. The van der Waals surface area contributed by atoms with Gasteiger partial charge in [-0.05, 0) is 67.5 Å². The van der Waals surface area contributed by atoms with Crippen LogP contribution in [0.1, 0.15) is 52.8 Å². The predicted molar refractivity (Wildman–Crippen MR) is 152 cm³/mol. The summed E-state index contributed by atoms with van der Waals surface area (Å²) >= 11 is 5.55. The van der Waals surface area contributed by atoms with Gasteiger partial charge in [0.15, 0.2) is 10.8 Å². The maximum atomic E-state index is 13.5. The van der Waals surface area contributed by atoms with E-state index < -0.39 is 28.9 Å². The van der Waals surface area contributed by atoms with Gasteiger partial charge in [0.25, 0.3) is 5.91 Å². The molecule has 39 heavy (non-hydrogen) atoms. The van der Waals surface area contributed by atoms with Gasteiger partial charge in [0.2, 0.25) is 0 Å². The smallest absolute Gasteiger partial charge is 0.419 e. The quantitative estimate of drug-likeness (QED) is 0.308. The van der Waals surface area contributed by atoms with Gasteiger partial charge in [-0.2, -0.15) is 18.4 Å². The first-order chi connectivity index (χ1) is 18.5. The molecular weight excluding hydrogens is 525 g/mol. The van der Waals surface area contributed by atoms with E-state index >= 15 is 0 Å². The van der Waals surface area contributed by atoms with Gasteiger partial charge in [0, 0.05) is 5.69 Å². The number of nitriles is 1. The predicted octanol–water partition coefficient (Wildman–Crippen LogP) is 7.62. The fraction of sp³-hybridized carbons (Fsp3) is 0.310. The molecule has 0 saturated carbocycles. The number of amides is 1. The third kappa shape index (κ3) is 6.20. The Kier molecular flexibility index (Phi) is 10.2. The number of rotatable bonds is 4. The molecule has 1 aromatic heterocycles. The van der Waals surface area contributed by atoms with Crippen LogP contribution in [0.4, 0.5) is 24.5 Å². The van der Waals surface area contributed by atoms with Crippen LogP contribution in [0.25, 0.3) is 11.1 Å². The molecule has 4 rings (SSSR count). The summed E-state index contributed by atoms with van der Waals surface area (Å²) in [5.41, 5.74) is -0.847. The fourth-order valence-electron chi connectivity index (χ4n) is 3.92. The number of hydrogen-bond acceptors (Lipinski definition) is 5. The zero-order valence-electron chi connectivity index (χ0n) is 22.9. The number of carbonyl (C=O) groups is 1. The van der Waals surface area contributed by atoms with Gasteiger partial charge in [-0.15, -0.1) is 0 Å². The van der Waals surface area contributed by atoms with Crippen LogP contribution in [-0.2, 0) is 11.0 Å². The van der Waals surface area contributed by atoms with E-state index in [2.05, 4.69) is 4.98 Å². The van der Waals surface area contributed by atoms with Crippen molar-refractivity contribution in [3.05, 3.63) is 72.1 Å². The van der Waals surface area contributed by atoms with E-state index in [4.69, 9.17) is 22.2 Å². The fourth-order valence-corrected chi connectivity index (χ4v) is 4.45. The Balaban J connectivity index is 0.00000127. The molecule has 6 nitrogen and oxygen atoms in total. The van der Waals surface area contributed by atoms with Crippen LogP contribution in [0.5, 0.6) is 5.75 Å². The zero-order valence-corrected chi connectivity index (χ0v) is 23.7. The van der Waals surface area contributed by atoms with Crippen LogP contribution >= 0.6 is 12.2 Å². The van der Waals surface area contributed by atoms with Crippen molar-refractivity contribution in [2.75, 3.05) is 16.9 Å². The Morgan fingerprint density at radius 3 is 1.92 bits per heavy atom. The molecule has 1 amide bonds. The molecule has 0 spiro atoms. The first-order valence-corrected chi connectivity index (χ1v) is 12.8. The lowest BCUT2D eigenvalue weighted by molar-refractivity contribution is -0.138. The Bertz CT molecular complexity index is 1350. The Morgan fingerprint density at radius 2 is 1.46 bits per heavy atom. The molecule has 2 heterocycles. The minimum absolute atomic E-state index is 0.0110. The minimum atomic E-state index is -4.81. The van der Waals surface area contributed by atoms with Crippen LogP contribution in [0, 0.1) is 11.3 Å². The van der Waals surface area contributed by atoms with E-state index in [1.54, 1.807) is 38.0 Å². The van der Waals surface area contributed by atoms with Gasteiger partial charge >= 0.3 is 6.18 Å². The SMILES string of the molecule is CC.CC.COc1ccc(-c2ccc(N3C(=S)N(c4cnc(C#N)c(C(F)(F)F)c4)C(=O)C3(C)C)cc2)cc1. The van der Waals surface area contributed by atoms with Crippen LogP contribution in [0.15, 0.2) is 60.8 Å². The number of nitrogens with zero attached hydrogens (tertiary/aromatic N) is 4. The second-order valence-corrected chi connectivity index (χ2v) is 8.66. The lowest BCUT2D eigenvalue weighted by Gasteiger charge is -2.29. The van der Waals surface area contributed by atoms with Crippen molar-refractivity contribution < 1.29 is 22.7 Å². The molecule has 0 radical (unpaired) electrons. The summed E-state index contributed by atoms with van der Waals surface area (Å²) < 4.78 is 45.6. The van der Waals surface area contributed by atoms with Crippen molar-refractivity contribution in [2.24, 2.45) is 0 Å². The Labute approximate surface area is 232 Å². The van der Waals surface area contributed by atoms with Crippen LogP contribution < -0.4 is 14.5 Å². The number of anilines is 2. The summed E-state index contributed by atoms with van der Waals surface area (Å²) in [4.78, 5) is 19.5. The summed E-state index contributed by atoms with van der Waals surface area (Å²) in [5, 5.41) is 9.02. The molecule has 0 aliphatic carbocycles. The maximum Gasteiger partial charge on any atom is 0.419 e. The van der Waals surface area contributed by atoms with Crippen molar-refractivity contribution in [1.82, 2.24) is 4.98 Å². The van der Waals surface area contributed by atoms with Gasteiger partial charge < -0.3 is 9.64 Å². The van der Waals surface area contributed by atoms with Crippen LogP contribution in [-0.4, -0.2) is 28.7 Å². The van der Waals surface area contributed by atoms with E-state index in [9.17, 15) is 18.0 Å². The van der Waals surface area contributed by atoms with E-state index in [-0.39, 0.29) is 10.8 Å². The highest BCUT2D eigenvalue weighted by atomic mass is 32.1. The molecule has 10 heteroatoms. The lowest BCUT2D eigenvalue weighted by Crippen LogP contribution is -2.44. The third-order valence-corrected chi connectivity index (χ3v) is 6.12. The number of thiocarbonyl (C=S) groups is 1. The highest BCUT2D eigenvalue weighted by molar-refractivity contribution is 7.81. The second kappa shape index (κ2) is 12.7. The lowest BCUT2D eigenvalue weighted by atomic mass is 10.0. The topological polar surface area (TPSA) is 69.5 Å². The molecule has 1 aliphatic heterocycles. The minimum Gasteiger partial charge on any atom is -0.497 e. The molecule has 0 bridgehead atoms. The van der Waals surface area contributed by atoms with Crippen LogP contribution in [0.3, 0.4) is 0 Å². The average molecular weight is 557 g/mol. The van der Waals surface area contributed by atoms with Gasteiger partial charge in [0.1, 0.15) is 17.4 Å². The molecule has 1 fully saturated rings. The van der Waals surface area contributed by atoms with E-state index in [1.165, 1.54) is 6.07 Å². The number of benzene rings is 2. The molecule has 1 saturated heterocycles. The van der Waals surface area contributed by atoms with Gasteiger partial charge in [-0.3, -0.25) is 9.69 Å². The largest absolute Gasteiger partial charge is 0.497 e. The molecule has 206 valence electrons. The molecule has 1 aliphatic rings. The average Bonchev–Trinajstić information content (AvgIpc) is 3.13. The van der Waals surface area contributed by atoms with Gasteiger partial charge in [-0.1, -0.05) is 52.0 Å². The van der Waals surface area contributed by atoms with E-state index in [0.717, 1.165) is 34.0 Å². The Morgan fingerprint density at radius 1 is 0.949 bits per heavy atom. The summed E-state index contributed by atoms with van der Waals surface area (Å²) in [6.07, 6.45) is -3.77. The molecule has 3 aromatic rings. The summed E-state index contributed by atoms with van der Waals surface area (Å²) in [5.74, 6) is 0.223. The normalized spacial score (nSPS) is 14.1. The number of aromatic nitrogens is 1. The standard InChI is InChI=1S/C25H19F3N4O2S.2C2H6/c1-24(2)22(33)31(18-12-20(25(26,27)28)21(13-29)30-14-18)23(35)32(24)17-8-4-15(5-9-17)16-6-10-19(34-3)11-7-16;2*1-2/h4-12,14H,1-3H3;2*1-2H3. The first-order valence-electron chi connectivity index (χ1n) is 12.4. The van der Waals surface area contributed by atoms with E-state index in [1.807, 2.05) is 64.1 Å². The second-order valence-electron chi connectivity index (χ2n) is 8.29. The summed E-state index contributed by atoms with van der Waals surface area (Å²) in [7, 11) is 1.59. The van der Waals surface area contributed by atoms with Crippen molar-refractivity contribution in [1.29, 1.82) is 5.26 Å². The van der Waals surface area contributed by atoms with Crippen molar-refractivity contribution in [2.45, 2.75) is 53.3 Å². The number of carbonyl (C=O) groups excluding carboxylic acids is 1. The number of alkyl halides is 3. The number of halogens is 3. The first kappa shape index (κ1) is 31.2. The van der Waals surface area contributed by atoms with Gasteiger partial charge in [-0.25, -0.2) is 4.98 Å². The molecule has 0 unspecified atom stereocenters. The highest BCUT2D eigenvalue weighted by Crippen LogP contribution is 2.39. The Hall–Kier alpha value is -3.97. The number of ether oxygens (including phenoxy) is 1. The summed E-state index contributed by atoms with van der Waals surface area (Å²) in [6.45, 7) is 11.3. The van der Waals surface area contributed by atoms with Crippen molar-refractivity contribution >= 4 is 34.6 Å². The zero-order chi connectivity index (χ0) is 29.5. The molecule has 0 N–H and O–H groups in total. The van der Waals surface area contributed by atoms with Crippen molar-refractivity contribution in [3.8, 4) is 22.9 Å². The highest BCUT2D eigenvalue weighted by Gasteiger charge is 2.50. The van der Waals surface area contributed by atoms with E-state index in [0.29, 0.717) is 5.69 Å². The molecular formula is C29H31F3N4O2S. The number of methoxy groups -OCH3 is 1. The number of pyridine rings is 1. The molecule has 2 aromatic carbocycles. The van der Waals surface area contributed by atoms with Crippen LogP contribution in [0.2, 0.25) is 0 Å². The monoisotopic (exact) mass is 556 g/mol. The third-order valence-electron chi connectivity index (χ3n) is 5.76. The van der Waals surface area contributed by atoms with Gasteiger partial charge in [0.05, 0.1) is 24.6 Å².